The van der Waals surface area contributed by atoms with Gasteiger partial charge in [-0.2, -0.15) is 16.8 Å². The molecular formula is C18H20N4O9S3. The van der Waals surface area contributed by atoms with E-state index in [1.54, 1.807) is 32.3 Å². The molecule has 7 N–H and O–H groups in total. The molecule has 0 aliphatic heterocycles. The molecule has 0 unspecified atom stereocenters. The molecule has 0 bridgehead atoms. The minimum absolute atomic E-state index is 0.264. The molecule has 0 spiro atoms. The Hall–Kier alpha value is -2.83. The predicted octanol–water partition coefficient (Wildman–Crippen LogP) is 4.41. The van der Waals surface area contributed by atoms with Crippen LogP contribution >= 0.6 is 10.9 Å². The minimum atomic E-state index is -4.98. The fraction of sp³-hybridized carbons (Fsp3) is 0.111. The predicted molar refractivity (Wildman–Crippen MR) is 127 cm³/mol. The van der Waals surface area contributed by atoms with Gasteiger partial charge < -0.3 is 24.3 Å². The lowest BCUT2D eigenvalue weighted by Gasteiger charge is -2.20. The summed E-state index contributed by atoms with van der Waals surface area (Å²) in [6, 6.07) is 8.18. The van der Waals surface area contributed by atoms with Crippen LogP contribution in [0.2, 0.25) is 0 Å². The Morgan fingerprint density at radius 2 is 1.32 bits per heavy atom. The van der Waals surface area contributed by atoms with Gasteiger partial charge >= 0.3 is 0 Å². The van der Waals surface area contributed by atoms with Crippen molar-refractivity contribution in [1.82, 2.24) is 0 Å². The third-order valence-corrected chi connectivity index (χ3v) is 7.30. The smallest absolute Gasteiger partial charge is 0.296 e. The molecule has 0 saturated heterocycles. The van der Waals surface area contributed by atoms with Crippen LogP contribution in [-0.4, -0.2) is 53.7 Å². The Morgan fingerprint density at radius 1 is 0.706 bits per heavy atom. The molecule has 3 aromatic rings. The summed E-state index contributed by atoms with van der Waals surface area (Å²) >= 11 is 0. The van der Waals surface area contributed by atoms with Crippen molar-refractivity contribution in [2.45, 2.75) is 14.7 Å². The van der Waals surface area contributed by atoms with Crippen LogP contribution in [0.1, 0.15) is 0 Å². The first-order valence-corrected chi connectivity index (χ1v) is 13.5. The number of fused-ring (bicyclic) bond motifs is 1. The minimum Gasteiger partial charge on any atom is -0.388 e. The van der Waals surface area contributed by atoms with Crippen LogP contribution in [0.3, 0.4) is 0 Å². The van der Waals surface area contributed by atoms with E-state index in [0.29, 0.717) is 11.8 Å². The molecule has 0 radical (unpaired) electrons. The van der Waals surface area contributed by atoms with Crippen molar-refractivity contribution in [1.29, 1.82) is 0 Å². The normalized spacial score (nSPS) is 13.4. The fourth-order valence-electron chi connectivity index (χ4n) is 3.06. The van der Waals surface area contributed by atoms with Crippen molar-refractivity contribution in [2.75, 3.05) is 24.7 Å². The number of azo groups is 1. The molecule has 0 amide bonds. The molecule has 0 aliphatic carbocycles. The maximum Gasteiger partial charge on any atom is 0.296 e. The third kappa shape index (κ3) is 5.45. The van der Waals surface area contributed by atoms with Gasteiger partial charge in [0.15, 0.2) is 0 Å². The standard InChI is InChI=1S/C18H20N4O9S3/c1-19-11-3-4-14(15(7-11)20-2)21-22-16-9-13-10(6-18(16)34(29,30)31)5-12(32(23,24)25)8-17(13)33(26,27)28/h3-9,19-20,23-25H,1-2H3,(H,26,27,28)(H,29,30,31). The maximum absolute atomic E-state index is 12.0. The number of anilines is 2. The molecule has 0 fully saturated rings. The summed E-state index contributed by atoms with van der Waals surface area (Å²) in [7, 11) is -11.0. The highest BCUT2D eigenvalue weighted by atomic mass is 32.3. The number of hydrogen-bond donors (Lipinski definition) is 7. The van der Waals surface area contributed by atoms with Gasteiger partial charge in [0, 0.05) is 25.2 Å². The molecule has 3 aromatic carbocycles. The zero-order chi connectivity index (χ0) is 25.5. The molecule has 0 atom stereocenters. The molecule has 13 nitrogen and oxygen atoms in total. The molecule has 0 saturated carbocycles. The first-order chi connectivity index (χ1) is 15.6. The molecule has 0 aliphatic rings. The molecular weight excluding hydrogens is 512 g/mol. The van der Waals surface area contributed by atoms with E-state index in [1.165, 1.54) is 0 Å². The SMILES string of the molecule is CNc1ccc(N=Nc2cc3c(S(=O)(=O)O)cc(S(O)(O)O)cc3cc2S(=O)(=O)O)c(NC)c1. The van der Waals surface area contributed by atoms with Gasteiger partial charge in [-0.25, -0.2) is 0 Å². The highest BCUT2D eigenvalue weighted by molar-refractivity contribution is 8.19. The van der Waals surface area contributed by atoms with Crippen LogP contribution in [0.15, 0.2) is 67.4 Å². The van der Waals surface area contributed by atoms with Crippen molar-refractivity contribution >= 4 is 64.6 Å². The third-order valence-electron chi connectivity index (χ3n) is 4.66. The Bertz CT molecular complexity index is 1520. The largest absolute Gasteiger partial charge is 0.388 e. The van der Waals surface area contributed by atoms with Crippen LogP contribution in [-0.2, 0) is 20.2 Å². The molecule has 3 rings (SSSR count). The number of nitrogens with one attached hydrogen (secondary N) is 2. The van der Waals surface area contributed by atoms with Gasteiger partial charge in [0.2, 0.25) is 0 Å². The highest BCUT2D eigenvalue weighted by Gasteiger charge is 2.25. The Morgan fingerprint density at radius 3 is 1.85 bits per heavy atom. The van der Waals surface area contributed by atoms with Crippen LogP contribution in [0.25, 0.3) is 10.8 Å². The lowest BCUT2D eigenvalue weighted by Crippen LogP contribution is -2.04. The van der Waals surface area contributed by atoms with E-state index in [0.717, 1.165) is 23.9 Å². The summed E-state index contributed by atoms with van der Waals surface area (Å²) in [4.78, 5) is -2.34. The first-order valence-electron chi connectivity index (χ1n) is 9.14. The van der Waals surface area contributed by atoms with Gasteiger partial charge in [-0.3, -0.25) is 9.11 Å². The molecule has 16 heteroatoms. The van der Waals surface area contributed by atoms with Gasteiger partial charge in [-0.15, -0.1) is 10.2 Å². The molecule has 0 heterocycles. The van der Waals surface area contributed by atoms with Gasteiger partial charge in [0.25, 0.3) is 20.2 Å². The van der Waals surface area contributed by atoms with Crippen LogP contribution < -0.4 is 10.6 Å². The van der Waals surface area contributed by atoms with Gasteiger partial charge in [-0.05, 0) is 47.9 Å². The van der Waals surface area contributed by atoms with Crippen molar-refractivity contribution in [2.24, 2.45) is 10.2 Å². The highest BCUT2D eigenvalue weighted by Crippen LogP contribution is 2.47. The second kappa shape index (κ2) is 9.08. The summed E-state index contributed by atoms with van der Waals surface area (Å²) in [5, 5.41) is 13.1. The number of nitrogens with zero attached hydrogens (tertiary/aromatic N) is 2. The first kappa shape index (κ1) is 25.8. The average molecular weight is 533 g/mol. The zero-order valence-corrected chi connectivity index (χ0v) is 20.0. The Kier molecular flexibility index (Phi) is 6.89. The zero-order valence-electron chi connectivity index (χ0n) is 17.5. The van der Waals surface area contributed by atoms with Crippen molar-refractivity contribution in [3.05, 3.63) is 42.5 Å². The lowest BCUT2D eigenvalue weighted by atomic mass is 10.1. The van der Waals surface area contributed by atoms with Crippen LogP contribution in [0, 0.1) is 0 Å². The van der Waals surface area contributed by atoms with Crippen molar-refractivity contribution in [3.8, 4) is 0 Å². The summed E-state index contributed by atoms with van der Waals surface area (Å²) in [5.41, 5.74) is 1.07. The number of hydrogen-bond acceptors (Lipinski definition) is 11. The van der Waals surface area contributed by atoms with E-state index in [-0.39, 0.29) is 16.5 Å². The second-order valence-corrected chi connectivity index (χ2v) is 11.2. The second-order valence-electron chi connectivity index (χ2n) is 6.86. The van der Waals surface area contributed by atoms with E-state index in [9.17, 15) is 39.6 Å². The maximum atomic E-state index is 12.0. The van der Waals surface area contributed by atoms with Crippen molar-refractivity contribution < 1.29 is 39.6 Å². The summed E-state index contributed by atoms with van der Waals surface area (Å²) in [5.74, 6) is 0. The quantitative estimate of drug-likeness (QED) is 0.167. The van der Waals surface area contributed by atoms with E-state index >= 15 is 0 Å². The molecule has 184 valence electrons. The number of rotatable bonds is 7. The van der Waals surface area contributed by atoms with Gasteiger partial charge in [0.1, 0.15) is 32.0 Å². The van der Waals surface area contributed by atoms with Crippen LogP contribution in [0.4, 0.5) is 22.7 Å². The van der Waals surface area contributed by atoms with Gasteiger partial charge in [0.05, 0.1) is 10.6 Å². The molecule has 34 heavy (non-hydrogen) atoms. The lowest BCUT2D eigenvalue weighted by molar-refractivity contribution is 0.376. The monoisotopic (exact) mass is 532 g/mol. The molecule has 0 aromatic heterocycles. The van der Waals surface area contributed by atoms with E-state index in [2.05, 4.69) is 20.9 Å². The van der Waals surface area contributed by atoms with Crippen molar-refractivity contribution in [3.63, 3.8) is 0 Å². The topological polar surface area (TPSA) is 218 Å². The van der Waals surface area contributed by atoms with Gasteiger partial charge in [-0.1, -0.05) is 0 Å². The average Bonchev–Trinajstić information content (AvgIpc) is 2.74. The van der Waals surface area contributed by atoms with E-state index in [1.807, 2.05) is 0 Å². The number of benzene rings is 3. The van der Waals surface area contributed by atoms with Crippen LogP contribution in [0.5, 0.6) is 0 Å². The van der Waals surface area contributed by atoms with E-state index in [4.69, 9.17) is 0 Å². The summed E-state index contributed by atoms with van der Waals surface area (Å²) < 4.78 is 95.8. The Labute approximate surface area is 196 Å². The van der Waals surface area contributed by atoms with E-state index < -0.39 is 51.5 Å². The fourth-order valence-corrected chi connectivity index (χ4v) is 5.07. The summed E-state index contributed by atoms with van der Waals surface area (Å²) in [6.45, 7) is 0. The summed E-state index contributed by atoms with van der Waals surface area (Å²) in [6.07, 6.45) is 0. The Balaban J connectivity index is 2.33.